The molecule has 3 aliphatic rings. The maximum atomic E-state index is 10.2. The van der Waals surface area contributed by atoms with E-state index in [2.05, 4.69) is 175 Å². The normalized spacial score (nSPS) is 14.0. The molecule has 0 spiro atoms. The number of thiophene rings is 2. The van der Waals surface area contributed by atoms with E-state index in [1.807, 2.05) is 71.2 Å². The first kappa shape index (κ1) is 74.0. The summed E-state index contributed by atoms with van der Waals surface area (Å²) < 4.78 is 0. The molecule has 8 aromatic carbocycles. The van der Waals surface area contributed by atoms with E-state index in [1.54, 1.807) is 33.4 Å². The van der Waals surface area contributed by atoms with Crippen molar-refractivity contribution >= 4 is 22.7 Å². The van der Waals surface area contributed by atoms with Gasteiger partial charge >= 0.3 is 0 Å². The summed E-state index contributed by atoms with van der Waals surface area (Å²) in [6.45, 7) is 14.2. The van der Waals surface area contributed by atoms with Gasteiger partial charge in [-0.05, 0) is 259 Å². The lowest BCUT2D eigenvalue weighted by Gasteiger charge is -2.34. The molecular weight excluding hydrogens is 1290 g/mol. The second-order valence-electron chi connectivity index (χ2n) is 31.5. The number of fused-ring (bicyclic) bond motifs is 9. The number of phenols is 2. The van der Waals surface area contributed by atoms with E-state index in [-0.39, 0.29) is 16.2 Å². The highest BCUT2D eigenvalue weighted by molar-refractivity contribution is 7.19. The van der Waals surface area contributed by atoms with Crippen LogP contribution in [0.2, 0.25) is 0 Å². The molecule has 3 aliphatic carbocycles. The highest BCUT2D eigenvalue weighted by Crippen LogP contribution is 2.61. The van der Waals surface area contributed by atoms with Gasteiger partial charge < -0.3 is 10.2 Å². The summed E-state index contributed by atoms with van der Waals surface area (Å²) in [7, 11) is 0. The summed E-state index contributed by atoms with van der Waals surface area (Å²) >= 11 is 3.74. The van der Waals surface area contributed by atoms with Gasteiger partial charge in [-0.3, -0.25) is 0 Å². The van der Waals surface area contributed by atoms with Gasteiger partial charge in [-0.25, -0.2) is 0 Å². The molecule has 0 unspecified atom stereocenters. The monoisotopic (exact) mass is 1400 g/mol. The standard InChI is InChI=1S/C99H118O2S2/c1-7-13-19-25-27-33-63-97(64-34-28-26-20-14-8-2)87-65-73(75-41-51-83-85-53-43-77(95-57-55-93(102-95)71-35-45-79(100)46-36-71)69-91(85)98(89(83)67-75,59-29-21-15-9-3)60-30-22-16-10-4)39-49-81(87)82-50-40-74(66-88(82)97)76-42-52-84-86-54-44-78(96-58-56-94(103-96)72-37-47-80(101)48-38-72)70-92(86)99(90(84)68-76,61-31-23-17-11-5)62-32-24-18-12-6/h35-58,65-70,100-101H,7-34,59-64H2,1-6H3. The summed E-state index contributed by atoms with van der Waals surface area (Å²) in [5, 5.41) is 20.3. The predicted octanol–water partition coefficient (Wildman–Crippen LogP) is 31.4. The molecule has 0 fully saturated rings. The first-order valence-corrected chi connectivity index (χ1v) is 42.9. The Balaban J connectivity index is 0.913. The Bertz CT molecular complexity index is 4110. The molecular formula is C99H118O2S2. The predicted molar refractivity (Wildman–Crippen MR) is 448 cm³/mol. The van der Waals surface area contributed by atoms with Gasteiger partial charge in [-0.2, -0.15) is 0 Å². The Morgan fingerprint density at radius 1 is 0.204 bits per heavy atom. The summed E-state index contributed by atoms with van der Waals surface area (Å²) in [6.07, 6.45) is 42.7. The zero-order valence-electron chi connectivity index (χ0n) is 63.6. The fourth-order valence-corrected chi connectivity index (χ4v) is 20.9. The van der Waals surface area contributed by atoms with Gasteiger partial charge in [0.1, 0.15) is 11.5 Å². The summed E-state index contributed by atoms with van der Waals surface area (Å²) in [4.78, 5) is 5.07. The van der Waals surface area contributed by atoms with Crippen LogP contribution in [0.25, 0.3) is 97.4 Å². The lowest BCUT2D eigenvalue weighted by molar-refractivity contribution is 0.398. The zero-order chi connectivity index (χ0) is 71.2. The molecule has 2 nitrogen and oxygen atoms in total. The minimum Gasteiger partial charge on any atom is -0.508 e. The van der Waals surface area contributed by atoms with Crippen LogP contribution in [-0.4, -0.2) is 10.2 Å². The first-order valence-electron chi connectivity index (χ1n) is 41.3. The highest BCUT2D eigenvalue weighted by Gasteiger charge is 2.46. The summed E-state index contributed by atoms with van der Waals surface area (Å²) in [6, 6.07) is 70.9. The number of hydrogen-bond donors (Lipinski definition) is 2. The molecule has 0 saturated heterocycles. The van der Waals surface area contributed by atoms with Crippen molar-refractivity contribution in [2.45, 2.75) is 276 Å². The number of aromatic hydroxyl groups is 2. The largest absolute Gasteiger partial charge is 0.508 e. The lowest BCUT2D eigenvalue weighted by atomic mass is 9.69. The molecule has 0 saturated carbocycles. The lowest BCUT2D eigenvalue weighted by Crippen LogP contribution is -2.26. The van der Waals surface area contributed by atoms with Crippen LogP contribution in [-0.2, 0) is 16.2 Å². The molecule has 13 rings (SSSR count). The van der Waals surface area contributed by atoms with Gasteiger partial charge in [0.05, 0.1) is 0 Å². The molecule has 0 amide bonds. The Morgan fingerprint density at radius 2 is 0.388 bits per heavy atom. The van der Waals surface area contributed by atoms with Crippen LogP contribution in [0, 0.1) is 0 Å². The zero-order valence-corrected chi connectivity index (χ0v) is 65.2. The maximum Gasteiger partial charge on any atom is 0.115 e. The number of unbranched alkanes of at least 4 members (excludes halogenated alkanes) is 22. The minimum absolute atomic E-state index is 0.0737. The van der Waals surface area contributed by atoms with Crippen molar-refractivity contribution in [3.8, 4) is 109 Å². The van der Waals surface area contributed by atoms with Crippen molar-refractivity contribution in [1.82, 2.24) is 0 Å². The van der Waals surface area contributed by atoms with Crippen LogP contribution < -0.4 is 0 Å². The molecule has 0 radical (unpaired) electrons. The first-order chi connectivity index (χ1) is 50.6. The van der Waals surface area contributed by atoms with Crippen molar-refractivity contribution in [2.75, 3.05) is 0 Å². The number of benzene rings is 8. The SMILES string of the molecule is CCCCCCCCC1(CCCCCCCC)c2cc(-c3ccc4c(c3)C(CCCCCC)(CCCCCC)c3cc(-c5ccc(-c6ccc(O)cc6)s5)ccc3-4)ccc2-c2ccc(-c3ccc4c(c3)C(CCCCCC)(CCCCCC)c3cc(-c5ccc(-c6ccc(O)cc6)s5)ccc3-4)cc21. The molecule has 0 aliphatic heterocycles. The van der Waals surface area contributed by atoms with E-state index in [0.29, 0.717) is 11.5 Å². The van der Waals surface area contributed by atoms with Gasteiger partial charge in [0.25, 0.3) is 0 Å². The quantitative estimate of drug-likeness (QED) is 0.0376. The molecule has 538 valence electrons. The number of phenolic OH excluding ortho intramolecular Hbond substituents is 2. The van der Waals surface area contributed by atoms with E-state index in [9.17, 15) is 10.2 Å². The number of rotatable bonds is 40. The van der Waals surface area contributed by atoms with Gasteiger partial charge in [-0.15, -0.1) is 22.7 Å². The molecule has 2 aromatic heterocycles. The van der Waals surface area contributed by atoms with Gasteiger partial charge in [0, 0.05) is 35.8 Å². The summed E-state index contributed by atoms with van der Waals surface area (Å²) in [5.41, 5.74) is 28.3. The minimum atomic E-state index is -0.0998. The molecule has 0 bridgehead atoms. The van der Waals surface area contributed by atoms with Crippen LogP contribution in [0.5, 0.6) is 11.5 Å². The van der Waals surface area contributed by atoms with Crippen molar-refractivity contribution in [2.24, 2.45) is 0 Å². The second-order valence-corrected chi connectivity index (χ2v) is 33.7. The van der Waals surface area contributed by atoms with Crippen LogP contribution >= 0.6 is 22.7 Å². The molecule has 10 aromatic rings. The Kier molecular flexibility index (Phi) is 25.0. The second kappa shape index (κ2) is 34.8. The van der Waals surface area contributed by atoms with E-state index in [0.717, 1.165) is 11.1 Å². The third-order valence-electron chi connectivity index (χ3n) is 24.6. The Morgan fingerprint density at radius 3 is 0.631 bits per heavy atom. The van der Waals surface area contributed by atoms with Crippen molar-refractivity contribution in [1.29, 1.82) is 0 Å². The fourth-order valence-electron chi connectivity index (χ4n) is 18.9. The van der Waals surface area contributed by atoms with Gasteiger partial charge in [0.2, 0.25) is 0 Å². The van der Waals surface area contributed by atoms with Crippen molar-refractivity contribution in [3.05, 3.63) is 215 Å². The maximum absolute atomic E-state index is 10.2. The molecule has 4 heteroatoms. The van der Waals surface area contributed by atoms with E-state index >= 15 is 0 Å². The molecule has 2 N–H and O–H groups in total. The molecule has 103 heavy (non-hydrogen) atoms. The highest BCUT2D eigenvalue weighted by atomic mass is 32.1. The van der Waals surface area contributed by atoms with Crippen LogP contribution in [0.4, 0.5) is 0 Å². The van der Waals surface area contributed by atoms with E-state index in [4.69, 9.17) is 0 Å². The van der Waals surface area contributed by atoms with Crippen LogP contribution in [0.3, 0.4) is 0 Å². The Hall–Kier alpha value is -7.24. The summed E-state index contributed by atoms with van der Waals surface area (Å²) in [5.74, 6) is 0.614. The van der Waals surface area contributed by atoms with Crippen molar-refractivity contribution in [3.63, 3.8) is 0 Å². The van der Waals surface area contributed by atoms with E-state index in [1.165, 1.54) is 305 Å². The number of hydrogen-bond acceptors (Lipinski definition) is 4. The third kappa shape index (κ3) is 15.9. The van der Waals surface area contributed by atoms with Crippen LogP contribution in [0.1, 0.15) is 293 Å². The van der Waals surface area contributed by atoms with Crippen molar-refractivity contribution < 1.29 is 10.2 Å². The van der Waals surface area contributed by atoms with Gasteiger partial charge in [-0.1, -0.05) is 294 Å². The fraction of sp³-hybridized carbons (Fsp3) is 0.434. The Labute approximate surface area is 628 Å². The third-order valence-corrected chi connectivity index (χ3v) is 26.9. The van der Waals surface area contributed by atoms with Crippen LogP contribution in [0.15, 0.2) is 182 Å². The van der Waals surface area contributed by atoms with Gasteiger partial charge in [0.15, 0.2) is 0 Å². The topological polar surface area (TPSA) is 40.5 Å². The smallest absolute Gasteiger partial charge is 0.115 e. The average molecular weight is 1400 g/mol. The average Bonchev–Trinajstić information content (AvgIpc) is 1.57. The molecule has 2 heterocycles. The van der Waals surface area contributed by atoms with E-state index < -0.39 is 0 Å². The molecule has 0 atom stereocenters.